The highest BCUT2D eigenvalue weighted by Gasteiger charge is 2.46. The quantitative estimate of drug-likeness (QED) is 0.887. The number of amides is 2. The van der Waals surface area contributed by atoms with Gasteiger partial charge in [-0.3, -0.25) is 14.3 Å². The Morgan fingerprint density at radius 2 is 2.10 bits per heavy atom. The van der Waals surface area contributed by atoms with Gasteiger partial charge in [0.2, 0.25) is 11.8 Å². The summed E-state index contributed by atoms with van der Waals surface area (Å²) in [5.41, 5.74) is 0.497. The average molecular weight is 290 g/mol. The van der Waals surface area contributed by atoms with E-state index in [-0.39, 0.29) is 11.8 Å². The summed E-state index contributed by atoms with van der Waals surface area (Å²) < 4.78 is 1.77. The molecule has 1 aliphatic heterocycles. The fraction of sp³-hybridized carbons (Fsp3) is 0.667. The van der Waals surface area contributed by atoms with Crippen molar-refractivity contribution >= 4 is 11.8 Å². The molecule has 1 aliphatic carbocycles. The fourth-order valence-corrected chi connectivity index (χ4v) is 3.42. The molecule has 1 N–H and O–H groups in total. The summed E-state index contributed by atoms with van der Waals surface area (Å²) in [6.07, 6.45) is 8.57. The van der Waals surface area contributed by atoms with Crippen LogP contribution in [0.3, 0.4) is 0 Å². The number of nitrogens with zero attached hydrogens (tertiary/aromatic N) is 3. The summed E-state index contributed by atoms with van der Waals surface area (Å²) in [6.45, 7) is 1.17. The Labute approximate surface area is 124 Å². The molecule has 2 aliphatic rings. The Kier molecular flexibility index (Phi) is 3.69. The number of aromatic nitrogens is 2. The summed E-state index contributed by atoms with van der Waals surface area (Å²) in [4.78, 5) is 26.6. The Bertz CT molecular complexity index is 546. The number of carbonyl (C=O) groups is 2. The van der Waals surface area contributed by atoms with Crippen LogP contribution in [-0.2, 0) is 23.1 Å². The van der Waals surface area contributed by atoms with E-state index >= 15 is 0 Å². The van der Waals surface area contributed by atoms with E-state index in [1.807, 2.05) is 24.3 Å². The molecule has 1 saturated heterocycles. The van der Waals surface area contributed by atoms with Crippen LogP contribution in [0.25, 0.3) is 0 Å². The topological polar surface area (TPSA) is 67.2 Å². The van der Waals surface area contributed by atoms with Gasteiger partial charge in [-0.1, -0.05) is 12.8 Å². The maximum absolute atomic E-state index is 12.8. The summed E-state index contributed by atoms with van der Waals surface area (Å²) in [7, 11) is 1.89. The van der Waals surface area contributed by atoms with Gasteiger partial charge >= 0.3 is 0 Å². The Morgan fingerprint density at radius 3 is 2.76 bits per heavy atom. The minimum atomic E-state index is -0.622. The fourth-order valence-electron chi connectivity index (χ4n) is 3.42. The Morgan fingerprint density at radius 1 is 1.33 bits per heavy atom. The first kappa shape index (κ1) is 14.1. The molecule has 0 atom stereocenters. The first-order valence-electron chi connectivity index (χ1n) is 7.67. The minimum absolute atomic E-state index is 0.00845. The maximum atomic E-state index is 12.8. The molecule has 0 aromatic carbocycles. The summed E-state index contributed by atoms with van der Waals surface area (Å²) in [5, 5.41) is 7.14. The van der Waals surface area contributed by atoms with E-state index in [0.717, 1.165) is 37.7 Å². The van der Waals surface area contributed by atoms with Gasteiger partial charge < -0.3 is 10.2 Å². The second-order valence-electron chi connectivity index (χ2n) is 6.15. The molecule has 21 heavy (non-hydrogen) atoms. The van der Waals surface area contributed by atoms with Crippen LogP contribution in [0.4, 0.5) is 0 Å². The highest BCUT2D eigenvalue weighted by Crippen LogP contribution is 2.33. The molecular formula is C15H22N4O2. The van der Waals surface area contributed by atoms with E-state index in [1.165, 1.54) is 0 Å². The van der Waals surface area contributed by atoms with Crippen molar-refractivity contribution in [3.8, 4) is 0 Å². The van der Waals surface area contributed by atoms with E-state index < -0.39 is 5.54 Å². The molecule has 1 aromatic rings. The van der Waals surface area contributed by atoms with Crippen LogP contribution < -0.4 is 5.32 Å². The largest absolute Gasteiger partial charge is 0.342 e. The zero-order valence-electron chi connectivity index (χ0n) is 12.5. The number of aryl methyl sites for hydroxylation is 1. The lowest BCUT2D eigenvalue weighted by Crippen LogP contribution is -2.55. The van der Waals surface area contributed by atoms with Crippen LogP contribution in [0.5, 0.6) is 0 Å². The van der Waals surface area contributed by atoms with Crippen LogP contribution >= 0.6 is 0 Å². The first-order valence-corrected chi connectivity index (χ1v) is 7.67. The molecule has 114 valence electrons. The van der Waals surface area contributed by atoms with E-state index in [4.69, 9.17) is 0 Å². The predicted octanol–water partition coefficient (Wildman–Crippen LogP) is 0.624. The molecule has 6 nitrogen and oxygen atoms in total. The second kappa shape index (κ2) is 5.50. The average Bonchev–Trinajstić information content (AvgIpc) is 3.05. The van der Waals surface area contributed by atoms with E-state index in [0.29, 0.717) is 19.5 Å². The zero-order chi connectivity index (χ0) is 14.9. The number of hydrogen-bond acceptors (Lipinski definition) is 3. The third-order valence-corrected chi connectivity index (χ3v) is 4.57. The van der Waals surface area contributed by atoms with Crippen LogP contribution in [-0.4, -0.2) is 45.1 Å². The SMILES string of the molecule is Cn1cc(CCN2CCC(=O)NC3(CCCC3)C2=O)cn1. The van der Waals surface area contributed by atoms with E-state index in [9.17, 15) is 9.59 Å². The molecule has 1 saturated carbocycles. The summed E-state index contributed by atoms with van der Waals surface area (Å²) in [6, 6.07) is 0. The Balaban J connectivity index is 1.71. The highest BCUT2D eigenvalue weighted by atomic mass is 16.2. The van der Waals surface area contributed by atoms with Crippen molar-refractivity contribution in [1.29, 1.82) is 0 Å². The lowest BCUT2D eigenvalue weighted by atomic mass is 9.95. The molecule has 0 radical (unpaired) electrons. The molecule has 2 fully saturated rings. The van der Waals surface area contributed by atoms with Gasteiger partial charge in [0, 0.05) is 32.8 Å². The summed E-state index contributed by atoms with van der Waals surface area (Å²) >= 11 is 0. The van der Waals surface area contributed by atoms with Crippen LogP contribution in [0, 0.1) is 0 Å². The van der Waals surface area contributed by atoms with Crippen LogP contribution in [0.1, 0.15) is 37.7 Å². The van der Waals surface area contributed by atoms with Gasteiger partial charge in [-0.25, -0.2) is 0 Å². The van der Waals surface area contributed by atoms with Crippen molar-refractivity contribution in [1.82, 2.24) is 20.0 Å². The smallest absolute Gasteiger partial charge is 0.248 e. The normalized spacial score (nSPS) is 21.7. The third-order valence-electron chi connectivity index (χ3n) is 4.57. The Hall–Kier alpha value is -1.85. The van der Waals surface area contributed by atoms with Crippen molar-refractivity contribution in [3.63, 3.8) is 0 Å². The van der Waals surface area contributed by atoms with Gasteiger partial charge in [0.25, 0.3) is 0 Å². The molecule has 2 amide bonds. The monoisotopic (exact) mass is 290 g/mol. The van der Waals surface area contributed by atoms with Gasteiger partial charge in [-0.15, -0.1) is 0 Å². The number of carbonyl (C=O) groups excluding carboxylic acids is 2. The molecule has 2 heterocycles. The van der Waals surface area contributed by atoms with Crippen molar-refractivity contribution in [3.05, 3.63) is 18.0 Å². The summed E-state index contributed by atoms with van der Waals surface area (Å²) in [5.74, 6) is 0.115. The number of hydrogen-bond donors (Lipinski definition) is 1. The van der Waals surface area contributed by atoms with Gasteiger partial charge in [-0.2, -0.15) is 5.10 Å². The van der Waals surface area contributed by atoms with Crippen molar-refractivity contribution < 1.29 is 9.59 Å². The number of nitrogens with one attached hydrogen (secondary N) is 1. The van der Waals surface area contributed by atoms with Crippen molar-refractivity contribution in [2.45, 2.75) is 44.1 Å². The van der Waals surface area contributed by atoms with E-state index in [1.54, 1.807) is 4.68 Å². The maximum Gasteiger partial charge on any atom is 0.248 e. The minimum Gasteiger partial charge on any atom is -0.342 e. The van der Waals surface area contributed by atoms with Gasteiger partial charge in [0.05, 0.1) is 6.20 Å². The van der Waals surface area contributed by atoms with Crippen LogP contribution in [0.15, 0.2) is 12.4 Å². The molecule has 0 unspecified atom stereocenters. The zero-order valence-corrected chi connectivity index (χ0v) is 12.5. The molecular weight excluding hydrogens is 268 g/mol. The lowest BCUT2D eigenvalue weighted by Gasteiger charge is -2.31. The molecule has 0 bridgehead atoms. The van der Waals surface area contributed by atoms with Crippen molar-refractivity contribution in [2.75, 3.05) is 13.1 Å². The lowest BCUT2D eigenvalue weighted by molar-refractivity contribution is -0.138. The molecule has 3 rings (SSSR count). The number of rotatable bonds is 3. The van der Waals surface area contributed by atoms with E-state index in [2.05, 4.69) is 10.4 Å². The van der Waals surface area contributed by atoms with Crippen LogP contribution in [0.2, 0.25) is 0 Å². The third kappa shape index (κ3) is 2.80. The molecule has 6 heteroatoms. The molecule has 1 aromatic heterocycles. The highest BCUT2D eigenvalue weighted by molar-refractivity contribution is 5.93. The molecule has 1 spiro atoms. The first-order chi connectivity index (χ1) is 10.1. The van der Waals surface area contributed by atoms with Gasteiger partial charge in [-0.05, 0) is 24.8 Å². The van der Waals surface area contributed by atoms with Gasteiger partial charge in [0.1, 0.15) is 5.54 Å². The predicted molar refractivity (Wildman–Crippen MR) is 77.5 cm³/mol. The van der Waals surface area contributed by atoms with Crippen molar-refractivity contribution in [2.24, 2.45) is 7.05 Å². The standard InChI is InChI=1S/C15H22N4O2/c1-18-11-12(10-16-18)4-8-19-9-5-13(20)17-15(14(19)21)6-2-3-7-15/h10-11H,2-9H2,1H3,(H,17,20). The van der Waals surface area contributed by atoms with Gasteiger partial charge in [0.15, 0.2) is 0 Å². The second-order valence-corrected chi connectivity index (χ2v) is 6.15.